The van der Waals surface area contributed by atoms with E-state index in [2.05, 4.69) is 4.98 Å². The molecule has 20 heavy (non-hydrogen) atoms. The summed E-state index contributed by atoms with van der Waals surface area (Å²) in [6, 6.07) is 10.8. The van der Waals surface area contributed by atoms with E-state index in [0.29, 0.717) is 29.5 Å². The van der Waals surface area contributed by atoms with Crippen LogP contribution in [-0.4, -0.2) is 17.4 Å². The molecule has 0 spiro atoms. The fourth-order valence-corrected chi connectivity index (χ4v) is 1.64. The van der Waals surface area contributed by atoms with E-state index in [9.17, 15) is 4.79 Å². The number of aromatic nitrogens is 1. The summed E-state index contributed by atoms with van der Waals surface area (Å²) >= 11 is 0. The van der Waals surface area contributed by atoms with Crippen molar-refractivity contribution in [3.63, 3.8) is 0 Å². The van der Waals surface area contributed by atoms with Crippen molar-refractivity contribution in [1.82, 2.24) is 4.98 Å². The molecule has 2 rings (SSSR count). The first kappa shape index (κ1) is 14.1. The summed E-state index contributed by atoms with van der Waals surface area (Å²) in [5.41, 5.74) is 0.424. The normalized spacial score (nSPS) is 10.1. The molecule has 1 aromatic heterocycles. The Balaban J connectivity index is 2.14. The van der Waals surface area contributed by atoms with E-state index >= 15 is 0 Å². The number of ether oxygens (including phenoxy) is 2. The molecule has 4 heteroatoms. The van der Waals surface area contributed by atoms with Gasteiger partial charge in [-0.3, -0.25) is 4.79 Å². The van der Waals surface area contributed by atoms with Gasteiger partial charge in [0.2, 0.25) is 0 Å². The van der Waals surface area contributed by atoms with Crippen molar-refractivity contribution in [2.24, 2.45) is 0 Å². The highest BCUT2D eigenvalue weighted by molar-refractivity contribution is 5.92. The number of nitrogens with zero attached hydrogens (tertiary/aromatic N) is 1. The molecule has 2 aromatic rings. The maximum Gasteiger partial charge on any atom is 0.178 e. The Kier molecular flexibility index (Phi) is 4.71. The van der Waals surface area contributed by atoms with Crippen LogP contribution in [0, 0.1) is 0 Å². The molecule has 0 aliphatic carbocycles. The maximum absolute atomic E-state index is 11.2. The Labute approximate surface area is 118 Å². The van der Waals surface area contributed by atoms with Crippen LogP contribution in [0.2, 0.25) is 0 Å². The molecule has 0 aliphatic rings. The predicted octanol–water partition coefficient (Wildman–Crippen LogP) is 3.87. The fourth-order valence-electron chi connectivity index (χ4n) is 1.64. The molecule has 0 unspecified atom stereocenters. The van der Waals surface area contributed by atoms with Gasteiger partial charge < -0.3 is 9.47 Å². The molecule has 0 fully saturated rings. The summed E-state index contributed by atoms with van der Waals surface area (Å²) in [4.78, 5) is 15.2. The van der Waals surface area contributed by atoms with Gasteiger partial charge >= 0.3 is 0 Å². The lowest BCUT2D eigenvalue weighted by atomic mass is 10.3. The molecular formula is C16H17NO3. The minimum absolute atomic E-state index is 0.0665. The Morgan fingerprint density at radius 1 is 1.15 bits per heavy atom. The third-order valence-corrected chi connectivity index (χ3v) is 2.64. The lowest BCUT2D eigenvalue weighted by Gasteiger charge is -2.11. The molecule has 0 N–H and O–H groups in total. The number of benzene rings is 1. The highest BCUT2D eigenvalue weighted by Crippen LogP contribution is 2.31. The van der Waals surface area contributed by atoms with Gasteiger partial charge in [-0.15, -0.1) is 0 Å². The van der Waals surface area contributed by atoms with Gasteiger partial charge in [-0.1, -0.05) is 19.1 Å². The van der Waals surface area contributed by atoms with Crippen LogP contribution in [-0.2, 0) is 0 Å². The van der Waals surface area contributed by atoms with Crippen molar-refractivity contribution in [1.29, 1.82) is 0 Å². The van der Waals surface area contributed by atoms with Crippen LogP contribution < -0.4 is 9.47 Å². The summed E-state index contributed by atoms with van der Waals surface area (Å²) in [6.45, 7) is 4.17. The van der Waals surface area contributed by atoms with Gasteiger partial charge in [0.25, 0.3) is 0 Å². The van der Waals surface area contributed by atoms with Crippen LogP contribution in [0.1, 0.15) is 30.8 Å². The number of ketones is 1. The minimum atomic E-state index is -0.0665. The summed E-state index contributed by atoms with van der Waals surface area (Å²) in [5, 5.41) is 0. The summed E-state index contributed by atoms with van der Waals surface area (Å²) in [7, 11) is 0. The Hall–Kier alpha value is -2.36. The lowest BCUT2D eigenvalue weighted by Crippen LogP contribution is -1.98. The second-order valence-corrected chi connectivity index (χ2v) is 4.33. The van der Waals surface area contributed by atoms with Gasteiger partial charge in [-0.25, -0.2) is 4.98 Å². The first-order valence-electron chi connectivity index (χ1n) is 6.57. The average molecular weight is 271 g/mol. The van der Waals surface area contributed by atoms with E-state index < -0.39 is 0 Å². The first-order valence-corrected chi connectivity index (χ1v) is 6.57. The predicted molar refractivity (Wildman–Crippen MR) is 76.5 cm³/mol. The largest absolute Gasteiger partial charge is 0.490 e. The number of hydrogen-bond donors (Lipinski definition) is 0. The van der Waals surface area contributed by atoms with Crippen molar-refractivity contribution in [3.05, 3.63) is 48.3 Å². The number of hydrogen-bond acceptors (Lipinski definition) is 4. The highest BCUT2D eigenvalue weighted by Gasteiger charge is 2.06. The van der Waals surface area contributed by atoms with Crippen LogP contribution in [0.15, 0.2) is 42.6 Å². The summed E-state index contributed by atoms with van der Waals surface area (Å²) in [5.74, 6) is 1.84. The van der Waals surface area contributed by atoms with Crippen molar-refractivity contribution in [2.45, 2.75) is 20.3 Å². The minimum Gasteiger partial charge on any atom is -0.490 e. The van der Waals surface area contributed by atoms with Gasteiger partial charge in [0, 0.05) is 6.92 Å². The second kappa shape index (κ2) is 6.70. The van der Waals surface area contributed by atoms with E-state index in [4.69, 9.17) is 9.47 Å². The molecule has 0 saturated carbocycles. The second-order valence-electron chi connectivity index (χ2n) is 4.33. The number of carbonyl (C=O) groups excluding carboxylic acids is 1. The van der Waals surface area contributed by atoms with Crippen LogP contribution >= 0.6 is 0 Å². The van der Waals surface area contributed by atoms with Gasteiger partial charge in [0.1, 0.15) is 11.4 Å². The standard InChI is InChI=1S/C16H17NO3/c1-3-10-19-15-6-4-5-7-16(15)20-13-8-9-14(12(2)18)17-11-13/h4-9,11H,3,10H2,1-2H3. The zero-order chi connectivity index (χ0) is 14.4. The van der Waals surface area contributed by atoms with E-state index in [1.165, 1.54) is 13.1 Å². The van der Waals surface area contributed by atoms with Crippen LogP contribution in [0.3, 0.4) is 0 Å². The van der Waals surface area contributed by atoms with Crippen LogP contribution in [0.25, 0.3) is 0 Å². The zero-order valence-corrected chi connectivity index (χ0v) is 11.6. The Bertz CT molecular complexity index is 579. The molecule has 0 saturated heterocycles. The maximum atomic E-state index is 11.2. The molecule has 1 heterocycles. The number of para-hydroxylation sites is 2. The smallest absolute Gasteiger partial charge is 0.178 e. The van der Waals surface area contributed by atoms with Crippen molar-refractivity contribution in [2.75, 3.05) is 6.61 Å². The SMILES string of the molecule is CCCOc1ccccc1Oc1ccc(C(C)=O)nc1. The number of pyridine rings is 1. The van der Waals surface area contributed by atoms with Gasteiger partial charge in [0.05, 0.1) is 12.8 Å². The highest BCUT2D eigenvalue weighted by atomic mass is 16.5. The van der Waals surface area contributed by atoms with Crippen molar-refractivity contribution < 1.29 is 14.3 Å². The molecule has 1 aromatic carbocycles. The molecule has 4 nitrogen and oxygen atoms in total. The molecular weight excluding hydrogens is 254 g/mol. The molecule has 0 aliphatic heterocycles. The number of rotatable bonds is 6. The third-order valence-electron chi connectivity index (χ3n) is 2.64. The Morgan fingerprint density at radius 2 is 1.90 bits per heavy atom. The molecule has 0 amide bonds. The zero-order valence-electron chi connectivity index (χ0n) is 11.6. The number of Topliss-reactive ketones (excluding diaryl/α,β-unsaturated/α-hetero) is 1. The number of carbonyl (C=O) groups is 1. The first-order chi connectivity index (χ1) is 9.70. The summed E-state index contributed by atoms with van der Waals surface area (Å²) in [6.07, 6.45) is 2.47. The molecule has 104 valence electrons. The van der Waals surface area contributed by atoms with Gasteiger partial charge in [-0.05, 0) is 30.7 Å². The van der Waals surface area contributed by atoms with Gasteiger partial charge in [0.15, 0.2) is 17.3 Å². The lowest BCUT2D eigenvalue weighted by molar-refractivity contribution is 0.101. The van der Waals surface area contributed by atoms with Crippen molar-refractivity contribution >= 4 is 5.78 Å². The van der Waals surface area contributed by atoms with Gasteiger partial charge in [-0.2, -0.15) is 0 Å². The topological polar surface area (TPSA) is 48.4 Å². The van der Waals surface area contributed by atoms with E-state index in [-0.39, 0.29) is 5.78 Å². The van der Waals surface area contributed by atoms with E-state index in [1.807, 2.05) is 31.2 Å². The van der Waals surface area contributed by atoms with E-state index in [0.717, 1.165) is 6.42 Å². The van der Waals surface area contributed by atoms with E-state index in [1.54, 1.807) is 12.1 Å². The molecule has 0 atom stereocenters. The fraction of sp³-hybridized carbons (Fsp3) is 0.250. The summed E-state index contributed by atoms with van der Waals surface area (Å²) < 4.78 is 11.4. The van der Waals surface area contributed by atoms with Crippen LogP contribution in [0.5, 0.6) is 17.2 Å². The Morgan fingerprint density at radius 3 is 2.50 bits per heavy atom. The van der Waals surface area contributed by atoms with Crippen molar-refractivity contribution in [3.8, 4) is 17.2 Å². The average Bonchev–Trinajstić information content (AvgIpc) is 2.47. The quantitative estimate of drug-likeness (QED) is 0.748. The molecule has 0 radical (unpaired) electrons. The monoisotopic (exact) mass is 271 g/mol. The van der Waals surface area contributed by atoms with Crippen LogP contribution in [0.4, 0.5) is 0 Å². The molecule has 0 bridgehead atoms. The third kappa shape index (κ3) is 3.57.